The number of nitrogens with zero attached hydrogens (tertiary/aromatic N) is 2. The second-order valence-electron chi connectivity index (χ2n) is 6.18. The summed E-state index contributed by atoms with van der Waals surface area (Å²) in [5, 5.41) is 5.98. The van der Waals surface area contributed by atoms with Crippen molar-refractivity contribution in [3.8, 4) is 0 Å². The van der Waals surface area contributed by atoms with Gasteiger partial charge >= 0.3 is 6.18 Å². The van der Waals surface area contributed by atoms with E-state index in [1.165, 1.54) is 26.0 Å². The Morgan fingerprint density at radius 2 is 1.85 bits per heavy atom. The van der Waals surface area contributed by atoms with Gasteiger partial charge in [-0.05, 0) is 32.4 Å². The normalized spacial score (nSPS) is 12.4. The van der Waals surface area contributed by atoms with Crippen LogP contribution >= 0.6 is 0 Å². The van der Waals surface area contributed by atoms with Gasteiger partial charge < -0.3 is 5.32 Å². The number of hydrogen-bond donors (Lipinski definition) is 1. The molecule has 0 radical (unpaired) electrons. The van der Waals surface area contributed by atoms with E-state index in [2.05, 4.69) is 10.4 Å². The largest absolute Gasteiger partial charge is 0.433 e. The van der Waals surface area contributed by atoms with Crippen LogP contribution in [0.1, 0.15) is 42.4 Å². The van der Waals surface area contributed by atoms with Crippen LogP contribution in [-0.4, -0.2) is 36.4 Å². The number of aromatic nitrogens is 2. The zero-order valence-corrected chi connectivity index (χ0v) is 15.6. The van der Waals surface area contributed by atoms with Crippen LogP contribution in [0.15, 0.2) is 41.4 Å². The molecule has 0 saturated carbocycles. The lowest BCUT2D eigenvalue weighted by atomic mass is 10.2. The Balaban J connectivity index is 2.01. The Hall–Kier alpha value is -2.36. The number of hydrogen-bond acceptors (Lipinski definition) is 4. The van der Waals surface area contributed by atoms with Crippen molar-refractivity contribution in [2.45, 2.75) is 37.4 Å². The Kier molecular flexibility index (Phi) is 6.30. The van der Waals surface area contributed by atoms with Crippen molar-refractivity contribution in [2.24, 2.45) is 0 Å². The molecule has 6 nitrogen and oxygen atoms in total. The second kappa shape index (κ2) is 8.12. The minimum absolute atomic E-state index is 0.0721. The first kappa shape index (κ1) is 20.9. The third-order valence-electron chi connectivity index (χ3n) is 3.78. The summed E-state index contributed by atoms with van der Waals surface area (Å²) in [5.41, 5.74) is -1.70. The van der Waals surface area contributed by atoms with Crippen LogP contribution in [0.5, 0.6) is 0 Å². The molecule has 1 aromatic carbocycles. The van der Waals surface area contributed by atoms with Gasteiger partial charge in [0.15, 0.2) is 15.5 Å². The van der Waals surface area contributed by atoms with E-state index in [4.69, 9.17) is 0 Å². The minimum atomic E-state index is -4.73. The van der Waals surface area contributed by atoms with Crippen molar-refractivity contribution < 1.29 is 26.4 Å². The van der Waals surface area contributed by atoms with E-state index < -0.39 is 39.2 Å². The lowest BCUT2D eigenvalue weighted by Gasteiger charge is -2.15. The molecule has 0 fully saturated rings. The smallest absolute Gasteiger partial charge is 0.352 e. The van der Waals surface area contributed by atoms with Crippen LogP contribution in [0.4, 0.5) is 13.2 Å². The van der Waals surface area contributed by atoms with Gasteiger partial charge in [-0.2, -0.15) is 18.3 Å². The second-order valence-corrected chi connectivity index (χ2v) is 8.29. The molecule has 2 aromatic rings. The SMILES string of the molecule is CC(C)n1ncc(C(=O)NCCCS(=O)(=O)c2ccccc2)c1C(F)(F)F. The topological polar surface area (TPSA) is 81.1 Å². The van der Waals surface area contributed by atoms with Crippen LogP contribution in [0.3, 0.4) is 0 Å². The van der Waals surface area contributed by atoms with Gasteiger partial charge in [0, 0.05) is 12.6 Å². The average Bonchev–Trinajstić information content (AvgIpc) is 3.05. The van der Waals surface area contributed by atoms with Gasteiger partial charge in [-0.1, -0.05) is 18.2 Å². The van der Waals surface area contributed by atoms with E-state index in [0.29, 0.717) is 0 Å². The number of halogens is 3. The number of nitrogens with one attached hydrogen (secondary N) is 1. The predicted octanol–water partition coefficient (Wildman–Crippen LogP) is 3.08. The third-order valence-corrected chi connectivity index (χ3v) is 5.59. The number of amides is 1. The molecule has 0 atom stereocenters. The maximum atomic E-state index is 13.3. The quantitative estimate of drug-likeness (QED) is 0.721. The van der Waals surface area contributed by atoms with E-state index >= 15 is 0 Å². The summed E-state index contributed by atoms with van der Waals surface area (Å²) in [7, 11) is -3.51. The van der Waals surface area contributed by atoms with Gasteiger partial charge in [0.25, 0.3) is 5.91 Å². The molecule has 0 aliphatic heterocycles. The first-order valence-electron chi connectivity index (χ1n) is 8.24. The van der Waals surface area contributed by atoms with Gasteiger partial charge in [-0.3, -0.25) is 9.48 Å². The van der Waals surface area contributed by atoms with E-state index in [0.717, 1.165) is 10.9 Å². The summed E-state index contributed by atoms with van der Waals surface area (Å²) >= 11 is 0. The molecule has 1 aromatic heterocycles. The molecule has 0 aliphatic rings. The van der Waals surface area contributed by atoms with Gasteiger partial charge in [0.1, 0.15) is 0 Å². The maximum absolute atomic E-state index is 13.3. The Bertz CT molecular complexity index is 891. The van der Waals surface area contributed by atoms with Gasteiger partial charge in [-0.25, -0.2) is 8.42 Å². The van der Waals surface area contributed by atoms with Crippen molar-refractivity contribution in [3.05, 3.63) is 47.8 Å². The van der Waals surface area contributed by atoms with Crippen molar-refractivity contribution in [1.82, 2.24) is 15.1 Å². The third kappa shape index (κ3) is 5.09. The molecule has 1 heterocycles. The summed E-state index contributed by atoms with van der Waals surface area (Å²) in [6, 6.07) is 7.24. The fourth-order valence-corrected chi connectivity index (χ4v) is 3.84. The number of rotatable bonds is 7. The minimum Gasteiger partial charge on any atom is -0.352 e. The Morgan fingerprint density at radius 3 is 2.41 bits per heavy atom. The van der Waals surface area contributed by atoms with Crippen LogP contribution in [-0.2, 0) is 16.0 Å². The molecule has 1 amide bonds. The molecule has 0 aliphatic carbocycles. The molecule has 0 bridgehead atoms. The summed E-state index contributed by atoms with van der Waals surface area (Å²) in [4.78, 5) is 12.3. The molecule has 10 heteroatoms. The van der Waals surface area contributed by atoms with Crippen molar-refractivity contribution >= 4 is 15.7 Å². The predicted molar refractivity (Wildman–Crippen MR) is 93.1 cm³/mol. The fraction of sp³-hybridized carbons (Fsp3) is 0.412. The van der Waals surface area contributed by atoms with E-state index in [9.17, 15) is 26.4 Å². The van der Waals surface area contributed by atoms with Crippen molar-refractivity contribution in [1.29, 1.82) is 0 Å². The molecule has 27 heavy (non-hydrogen) atoms. The van der Waals surface area contributed by atoms with E-state index in [1.807, 2.05) is 0 Å². The van der Waals surface area contributed by atoms with Gasteiger partial charge in [-0.15, -0.1) is 0 Å². The monoisotopic (exact) mass is 403 g/mol. The lowest BCUT2D eigenvalue weighted by Crippen LogP contribution is -2.28. The molecule has 148 valence electrons. The molecule has 0 spiro atoms. The Morgan fingerprint density at radius 1 is 1.22 bits per heavy atom. The fourth-order valence-electron chi connectivity index (χ4n) is 2.51. The zero-order valence-electron chi connectivity index (χ0n) is 14.8. The molecule has 0 saturated heterocycles. The molecular formula is C17H20F3N3O3S. The van der Waals surface area contributed by atoms with Crippen molar-refractivity contribution in [3.63, 3.8) is 0 Å². The van der Waals surface area contributed by atoms with Crippen LogP contribution in [0, 0.1) is 0 Å². The average molecular weight is 403 g/mol. The van der Waals surface area contributed by atoms with Crippen LogP contribution in [0.2, 0.25) is 0 Å². The molecule has 1 N–H and O–H groups in total. The summed E-state index contributed by atoms with van der Waals surface area (Å²) in [6.07, 6.45) is -3.79. The lowest BCUT2D eigenvalue weighted by molar-refractivity contribution is -0.145. The number of carbonyl (C=O) groups excluding carboxylic acids is 1. The van der Waals surface area contributed by atoms with Gasteiger partial charge in [0.2, 0.25) is 0 Å². The standard InChI is InChI=1S/C17H20F3N3O3S/c1-12(2)23-15(17(18,19)20)14(11-22-23)16(24)21-9-6-10-27(25,26)13-7-4-3-5-8-13/h3-5,7-8,11-12H,6,9-10H2,1-2H3,(H,21,24). The van der Waals surface area contributed by atoms with E-state index in [-0.39, 0.29) is 23.6 Å². The van der Waals surface area contributed by atoms with Crippen LogP contribution < -0.4 is 5.32 Å². The summed E-state index contributed by atoms with van der Waals surface area (Å²) in [5.74, 6) is -1.17. The summed E-state index contributed by atoms with van der Waals surface area (Å²) < 4.78 is 64.8. The number of sulfone groups is 1. The zero-order chi connectivity index (χ0) is 20.2. The van der Waals surface area contributed by atoms with Crippen LogP contribution in [0.25, 0.3) is 0 Å². The molecule has 2 rings (SSSR count). The highest BCUT2D eigenvalue weighted by Gasteiger charge is 2.40. The highest BCUT2D eigenvalue weighted by Crippen LogP contribution is 2.33. The van der Waals surface area contributed by atoms with Gasteiger partial charge in [0.05, 0.1) is 22.4 Å². The highest BCUT2D eigenvalue weighted by molar-refractivity contribution is 7.91. The Labute approximate surface area is 155 Å². The number of benzene rings is 1. The van der Waals surface area contributed by atoms with Crippen molar-refractivity contribution in [2.75, 3.05) is 12.3 Å². The summed E-state index contributed by atoms with van der Waals surface area (Å²) in [6.45, 7) is 2.98. The highest BCUT2D eigenvalue weighted by atomic mass is 32.2. The first-order valence-corrected chi connectivity index (χ1v) is 9.90. The molecule has 0 unspecified atom stereocenters. The van der Waals surface area contributed by atoms with E-state index in [1.54, 1.807) is 18.2 Å². The number of carbonyl (C=O) groups is 1. The molecular weight excluding hydrogens is 383 g/mol. The number of alkyl halides is 3. The first-order chi connectivity index (χ1) is 12.5. The maximum Gasteiger partial charge on any atom is 0.433 e.